The Kier molecular flexibility index (Phi) is 25.5. The molecule has 0 aromatic heterocycles. The third kappa shape index (κ3) is 22.2. The number of unbranched alkanes of at least 4 members (excludes halogenated alkanes) is 12. The lowest BCUT2D eigenvalue weighted by Gasteiger charge is -2.08. The van der Waals surface area contributed by atoms with Gasteiger partial charge in [-0.05, 0) is 19.9 Å². The first-order valence-corrected chi connectivity index (χ1v) is 10.1. The molecule has 1 atom stereocenters. The summed E-state index contributed by atoms with van der Waals surface area (Å²) in [6.07, 6.45) is 21.3. The number of aliphatic hydroxyl groups is 1. The molecule has 0 aliphatic rings. The molecule has 0 rings (SSSR count). The van der Waals surface area contributed by atoms with E-state index < -0.39 is 0 Å². The van der Waals surface area contributed by atoms with Gasteiger partial charge in [0.2, 0.25) is 0 Å². The van der Waals surface area contributed by atoms with Crippen molar-refractivity contribution in [3.63, 3.8) is 0 Å². The van der Waals surface area contributed by atoms with Gasteiger partial charge in [0.1, 0.15) is 0 Å². The van der Waals surface area contributed by atoms with Crippen molar-refractivity contribution in [2.45, 2.75) is 123 Å². The smallest absolute Gasteiger partial charge is 0.0540 e. The van der Waals surface area contributed by atoms with Gasteiger partial charge in [0.05, 0.1) is 6.10 Å². The van der Waals surface area contributed by atoms with Gasteiger partial charge in [-0.15, -0.1) is 0 Å². The average molecular weight is 316 g/mol. The monoisotopic (exact) mass is 315 g/mol. The van der Waals surface area contributed by atoms with Crippen molar-refractivity contribution in [3.8, 4) is 0 Å². The number of hydrogen-bond acceptors (Lipinski definition) is 2. The number of nitrogens with two attached hydrogens (primary N) is 1. The minimum Gasteiger partial charge on any atom is -0.393 e. The van der Waals surface area contributed by atoms with Crippen molar-refractivity contribution >= 4 is 0 Å². The van der Waals surface area contributed by atoms with Gasteiger partial charge >= 0.3 is 0 Å². The molecule has 0 saturated heterocycles. The highest BCUT2D eigenvalue weighted by molar-refractivity contribution is 4.55. The normalized spacial score (nSPS) is 11.9. The zero-order valence-corrected chi connectivity index (χ0v) is 15.9. The minimum absolute atomic E-state index is 0.0345. The molecular weight excluding hydrogens is 270 g/mol. The minimum atomic E-state index is -0.0345. The van der Waals surface area contributed by atoms with Crippen LogP contribution < -0.4 is 5.73 Å². The molecule has 0 bridgehead atoms. The highest BCUT2D eigenvalue weighted by Gasteiger charge is 2.01. The summed E-state index contributed by atoms with van der Waals surface area (Å²) in [6, 6.07) is 0. The van der Waals surface area contributed by atoms with E-state index in [9.17, 15) is 5.11 Å². The highest BCUT2D eigenvalue weighted by atomic mass is 16.3. The summed E-state index contributed by atoms with van der Waals surface area (Å²) in [5.74, 6) is 0. The molecule has 0 aromatic rings. The zero-order valence-electron chi connectivity index (χ0n) is 15.9. The van der Waals surface area contributed by atoms with Crippen molar-refractivity contribution in [3.05, 3.63) is 0 Å². The molecular formula is C20H45NO. The van der Waals surface area contributed by atoms with E-state index in [0.29, 0.717) is 0 Å². The molecule has 0 fully saturated rings. The van der Waals surface area contributed by atoms with E-state index >= 15 is 0 Å². The van der Waals surface area contributed by atoms with Crippen LogP contribution in [-0.2, 0) is 0 Å². The number of hydrogen-bond donors (Lipinski definition) is 2. The van der Waals surface area contributed by atoms with Gasteiger partial charge in [-0.25, -0.2) is 0 Å². The maximum Gasteiger partial charge on any atom is 0.0540 e. The van der Waals surface area contributed by atoms with Crippen LogP contribution in [0.1, 0.15) is 117 Å². The van der Waals surface area contributed by atoms with Crippen molar-refractivity contribution in [1.82, 2.24) is 0 Å². The van der Waals surface area contributed by atoms with Gasteiger partial charge in [0.15, 0.2) is 0 Å². The first kappa shape index (κ1) is 24.2. The molecule has 0 aliphatic heterocycles. The SMILES string of the molecule is CCCCCCCCCCCCCCCC(O)CCC.CN. The summed E-state index contributed by atoms with van der Waals surface area (Å²) in [6.45, 7) is 4.43. The van der Waals surface area contributed by atoms with E-state index in [-0.39, 0.29) is 6.10 Å². The fraction of sp³-hybridized carbons (Fsp3) is 1.00. The average Bonchev–Trinajstić information content (AvgIpc) is 2.54. The Morgan fingerprint density at radius 3 is 1.27 bits per heavy atom. The fourth-order valence-electron chi connectivity index (χ4n) is 2.88. The van der Waals surface area contributed by atoms with E-state index in [1.54, 1.807) is 0 Å². The van der Waals surface area contributed by atoms with Gasteiger partial charge in [-0.2, -0.15) is 0 Å². The molecule has 0 heterocycles. The van der Waals surface area contributed by atoms with Crippen LogP contribution in [0.5, 0.6) is 0 Å². The van der Waals surface area contributed by atoms with E-state index in [1.165, 1.54) is 90.5 Å². The summed E-state index contributed by atoms with van der Waals surface area (Å²) in [7, 11) is 1.50. The predicted octanol–water partition coefficient (Wildman–Crippen LogP) is 6.20. The molecule has 0 spiro atoms. The first-order valence-electron chi connectivity index (χ1n) is 10.1. The molecule has 0 amide bonds. The Labute approximate surface area is 141 Å². The lowest BCUT2D eigenvalue weighted by molar-refractivity contribution is 0.150. The standard InChI is InChI=1S/C19H40O.CH5N/c1-3-5-6-7-8-9-10-11-12-13-14-15-16-18-19(20)17-4-2;1-2/h19-20H,3-18H2,1-2H3;2H2,1H3. The Hall–Kier alpha value is -0.0800. The summed E-state index contributed by atoms with van der Waals surface area (Å²) in [4.78, 5) is 0. The third-order valence-electron chi connectivity index (χ3n) is 4.26. The maximum atomic E-state index is 9.63. The Bertz CT molecular complexity index is 173. The van der Waals surface area contributed by atoms with Crippen molar-refractivity contribution in [2.24, 2.45) is 5.73 Å². The van der Waals surface area contributed by atoms with Gasteiger partial charge in [-0.1, -0.05) is 104 Å². The van der Waals surface area contributed by atoms with Crippen LogP contribution in [0, 0.1) is 0 Å². The quantitative estimate of drug-likeness (QED) is 0.333. The molecule has 3 N–H and O–H groups in total. The first-order chi connectivity index (χ1) is 10.8. The Balaban J connectivity index is 0. The van der Waals surface area contributed by atoms with Gasteiger partial charge in [-0.3, -0.25) is 0 Å². The Morgan fingerprint density at radius 2 is 0.909 bits per heavy atom. The molecule has 2 nitrogen and oxygen atoms in total. The third-order valence-corrected chi connectivity index (χ3v) is 4.26. The van der Waals surface area contributed by atoms with Gasteiger partial charge in [0.25, 0.3) is 0 Å². The Morgan fingerprint density at radius 1 is 0.545 bits per heavy atom. The van der Waals surface area contributed by atoms with Crippen molar-refractivity contribution < 1.29 is 5.11 Å². The van der Waals surface area contributed by atoms with E-state index in [2.05, 4.69) is 19.6 Å². The van der Waals surface area contributed by atoms with Crippen LogP contribution in [0.3, 0.4) is 0 Å². The molecule has 0 aromatic carbocycles. The second kappa shape index (κ2) is 23.2. The van der Waals surface area contributed by atoms with Crippen molar-refractivity contribution in [1.29, 1.82) is 0 Å². The number of aliphatic hydroxyl groups excluding tert-OH is 1. The molecule has 0 saturated carbocycles. The molecule has 136 valence electrons. The van der Waals surface area contributed by atoms with Crippen LogP contribution in [0.4, 0.5) is 0 Å². The fourth-order valence-corrected chi connectivity index (χ4v) is 2.88. The largest absolute Gasteiger partial charge is 0.393 e. The van der Waals surface area contributed by atoms with Crippen LogP contribution >= 0.6 is 0 Å². The van der Waals surface area contributed by atoms with Crippen molar-refractivity contribution in [2.75, 3.05) is 7.05 Å². The summed E-state index contributed by atoms with van der Waals surface area (Å²) in [5.41, 5.74) is 4.50. The molecule has 1 unspecified atom stereocenters. The molecule has 0 aliphatic carbocycles. The zero-order chi connectivity index (χ0) is 16.9. The molecule has 22 heavy (non-hydrogen) atoms. The van der Waals surface area contributed by atoms with Gasteiger partial charge in [0, 0.05) is 0 Å². The van der Waals surface area contributed by atoms with Crippen LogP contribution in [0.2, 0.25) is 0 Å². The van der Waals surface area contributed by atoms with E-state index in [1.807, 2.05) is 0 Å². The molecule has 0 radical (unpaired) electrons. The molecule has 2 heteroatoms. The number of rotatable bonds is 16. The summed E-state index contributed by atoms with van der Waals surface area (Å²) >= 11 is 0. The van der Waals surface area contributed by atoms with E-state index in [4.69, 9.17) is 0 Å². The highest BCUT2D eigenvalue weighted by Crippen LogP contribution is 2.14. The van der Waals surface area contributed by atoms with Crippen LogP contribution in [0.25, 0.3) is 0 Å². The predicted molar refractivity (Wildman–Crippen MR) is 101 cm³/mol. The van der Waals surface area contributed by atoms with Crippen LogP contribution in [0.15, 0.2) is 0 Å². The van der Waals surface area contributed by atoms with Crippen LogP contribution in [-0.4, -0.2) is 18.3 Å². The second-order valence-corrected chi connectivity index (χ2v) is 6.47. The van der Waals surface area contributed by atoms with Gasteiger partial charge < -0.3 is 10.8 Å². The van der Waals surface area contributed by atoms with E-state index in [0.717, 1.165) is 19.3 Å². The lowest BCUT2D eigenvalue weighted by atomic mass is 10.0. The lowest BCUT2D eigenvalue weighted by Crippen LogP contribution is -2.04. The summed E-state index contributed by atoms with van der Waals surface area (Å²) in [5, 5.41) is 9.63. The topological polar surface area (TPSA) is 46.2 Å². The maximum absolute atomic E-state index is 9.63. The summed E-state index contributed by atoms with van der Waals surface area (Å²) < 4.78 is 0. The second-order valence-electron chi connectivity index (χ2n) is 6.47.